The molecule has 1 rings (SSSR count). The molecule has 0 fully saturated rings. The van der Waals surface area contributed by atoms with Crippen molar-refractivity contribution < 1.29 is 22.6 Å². The van der Waals surface area contributed by atoms with Crippen molar-refractivity contribution in [1.82, 2.24) is 9.89 Å². The first kappa shape index (κ1) is 11.7. The van der Waals surface area contributed by atoms with E-state index in [2.05, 4.69) is 5.10 Å². The van der Waals surface area contributed by atoms with Crippen LogP contribution in [-0.2, 0) is 0 Å². The molecule has 10 heteroatoms. The normalized spacial score (nSPS) is 11.4. The van der Waals surface area contributed by atoms with Gasteiger partial charge in [-0.1, -0.05) is 11.6 Å². The SMILES string of the molecule is O=[N+]([O-])n1nc(C(F)F)c(Cl)c1C(F)F. The molecular weight excluding hydrogens is 246 g/mol. The van der Waals surface area contributed by atoms with Gasteiger partial charge in [0, 0.05) is 4.79 Å². The number of alkyl halides is 4. The number of hydrogen-bond donors (Lipinski definition) is 0. The van der Waals surface area contributed by atoms with Crippen molar-refractivity contribution in [1.29, 1.82) is 0 Å². The van der Waals surface area contributed by atoms with Crippen LogP contribution in [-0.4, -0.2) is 14.9 Å². The molecule has 0 saturated carbocycles. The number of halogens is 5. The summed E-state index contributed by atoms with van der Waals surface area (Å²) >= 11 is 5.12. The van der Waals surface area contributed by atoms with Crippen molar-refractivity contribution >= 4 is 11.6 Å². The average molecular weight is 248 g/mol. The molecule has 1 aromatic rings. The van der Waals surface area contributed by atoms with E-state index in [-0.39, 0.29) is 0 Å². The first-order valence-corrected chi connectivity index (χ1v) is 3.73. The second-order valence-corrected chi connectivity index (χ2v) is 2.69. The Bertz CT molecular complexity index is 394. The minimum atomic E-state index is -3.36. The van der Waals surface area contributed by atoms with Crippen LogP contribution in [0.25, 0.3) is 0 Å². The van der Waals surface area contributed by atoms with Crippen molar-refractivity contribution in [3.8, 4) is 0 Å². The Labute approximate surface area is 84.4 Å². The van der Waals surface area contributed by atoms with E-state index in [0.717, 1.165) is 0 Å². The molecule has 0 aliphatic rings. The van der Waals surface area contributed by atoms with Gasteiger partial charge < -0.3 is 10.1 Å². The van der Waals surface area contributed by atoms with Gasteiger partial charge in [-0.3, -0.25) is 0 Å². The highest BCUT2D eigenvalue weighted by Gasteiger charge is 2.35. The third kappa shape index (κ3) is 2.01. The van der Waals surface area contributed by atoms with Crippen LogP contribution in [0, 0.1) is 10.1 Å². The monoisotopic (exact) mass is 247 g/mol. The minimum absolute atomic E-state index is 0.450. The fraction of sp³-hybridized carbons (Fsp3) is 0.400. The average Bonchev–Trinajstić information content (AvgIpc) is 2.42. The molecule has 0 bridgehead atoms. The first-order valence-electron chi connectivity index (χ1n) is 3.35. The molecule has 5 nitrogen and oxygen atoms in total. The molecule has 0 unspecified atom stereocenters. The molecule has 0 aliphatic carbocycles. The van der Waals surface area contributed by atoms with Gasteiger partial charge >= 0.3 is 6.43 Å². The number of hydrogen-bond acceptors (Lipinski definition) is 3. The zero-order valence-corrected chi connectivity index (χ0v) is 7.46. The van der Waals surface area contributed by atoms with Crippen LogP contribution < -0.4 is 0 Å². The Kier molecular flexibility index (Phi) is 3.12. The smallest absolute Gasteiger partial charge is 0.307 e. The number of nitrogens with zero attached hydrogens (tertiary/aromatic N) is 3. The predicted molar refractivity (Wildman–Crippen MR) is 39.5 cm³/mol. The Morgan fingerprint density at radius 2 is 1.87 bits per heavy atom. The molecule has 0 aromatic carbocycles. The molecule has 0 N–H and O–H groups in total. The van der Waals surface area contributed by atoms with Crippen molar-refractivity contribution in [2.24, 2.45) is 0 Å². The topological polar surface area (TPSA) is 61.0 Å². The molecule has 1 heterocycles. The summed E-state index contributed by atoms with van der Waals surface area (Å²) in [6.07, 6.45) is -6.61. The summed E-state index contributed by atoms with van der Waals surface area (Å²) in [4.78, 5) is 9.73. The van der Waals surface area contributed by atoms with Crippen LogP contribution >= 0.6 is 11.6 Å². The molecule has 84 valence electrons. The van der Waals surface area contributed by atoms with Gasteiger partial charge in [-0.2, -0.15) is 0 Å². The van der Waals surface area contributed by atoms with Crippen LogP contribution in [0.3, 0.4) is 0 Å². The molecule has 0 atom stereocenters. The van der Waals surface area contributed by atoms with Crippen molar-refractivity contribution in [3.05, 3.63) is 26.5 Å². The Morgan fingerprint density at radius 3 is 2.13 bits per heavy atom. The lowest BCUT2D eigenvalue weighted by Gasteiger charge is -1.97. The summed E-state index contributed by atoms with van der Waals surface area (Å²) in [7, 11) is 0. The Balaban J connectivity index is 3.39. The van der Waals surface area contributed by atoms with E-state index in [1.54, 1.807) is 0 Å². The molecule has 1 aromatic heterocycles. The van der Waals surface area contributed by atoms with E-state index >= 15 is 0 Å². The van der Waals surface area contributed by atoms with Gasteiger partial charge in [0.25, 0.3) is 12.1 Å². The summed E-state index contributed by atoms with van der Waals surface area (Å²) in [6.45, 7) is 0. The van der Waals surface area contributed by atoms with Crippen LogP contribution in [0.2, 0.25) is 5.02 Å². The highest BCUT2D eigenvalue weighted by molar-refractivity contribution is 6.32. The number of aromatic nitrogens is 2. The molecule has 0 saturated heterocycles. The summed E-state index contributed by atoms with van der Waals surface area (Å²) in [5.74, 6) is 0. The third-order valence-corrected chi connectivity index (χ3v) is 1.82. The number of nitro groups is 1. The molecule has 0 spiro atoms. The lowest BCUT2D eigenvalue weighted by Crippen LogP contribution is -2.14. The van der Waals surface area contributed by atoms with Gasteiger partial charge in [0.05, 0.1) is 10.1 Å². The van der Waals surface area contributed by atoms with Crippen LogP contribution in [0.1, 0.15) is 24.2 Å². The van der Waals surface area contributed by atoms with E-state index in [1.165, 1.54) is 0 Å². The van der Waals surface area contributed by atoms with E-state index in [4.69, 9.17) is 11.6 Å². The highest BCUT2D eigenvalue weighted by atomic mass is 35.5. The maximum atomic E-state index is 12.2. The van der Waals surface area contributed by atoms with E-state index in [1.807, 2.05) is 0 Å². The van der Waals surface area contributed by atoms with Gasteiger partial charge in [0.15, 0.2) is 5.69 Å². The molecule has 0 aliphatic heterocycles. The van der Waals surface area contributed by atoms with Crippen LogP contribution in [0.15, 0.2) is 0 Å². The van der Waals surface area contributed by atoms with Gasteiger partial charge in [0.1, 0.15) is 5.02 Å². The standard InChI is InChI=1S/C5H2ClF4N3O2/c6-1-2(4(7)8)11-12(13(14)15)3(1)5(9)10/h4-5H. The third-order valence-electron chi connectivity index (χ3n) is 1.44. The fourth-order valence-electron chi connectivity index (χ4n) is 0.866. The van der Waals surface area contributed by atoms with Gasteiger partial charge in [-0.05, 0) is 0 Å². The lowest BCUT2D eigenvalue weighted by atomic mass is 10.3. The van der Waals surface area contributed by atoms with Crippen molar-refractivity contribution in [2.75, 3.05) is 0 Å². The Morgan fingerprint density at radius 1 is 1.33 bits per heavy atom. The summed E-state index contributed by atoms with van der Waals surface area (Å²) in [6, 6.07) is 0. The zero-order chi connectivity index (χ0) is 11.7. The fourth-order valence-corrected chi connectivity index (χ4v) is 1.14. The van der Waals surface area contributed by atoms with Gasteiger partial charge in [-0.15, -0.1) is 0 Å². The molecular formula is C5H2ClF4N3O2. The van der Waals surface area contributed by atoms with Crippen molar-refractivity contribution in [3.63, 3.8) is 0 Å². The second kappa shape index (κ2) is 4.01. The van der Waals surface area contributed by atoms with Crippen molar-refractivity contribution in [2.45, 2.75) is 12.9 Å². The van der Waals surface area contributed by atoms with E-state index in [9.17, 15) is 27.7 Å². The maximum Gasteiger partial charge on any atom is 0.307 e. The quantitative estimate of drug-likeness (QED) is 0.468. The minimum Gasteiger partial charge on any atom is -0.339 e. The van der Waals surface area contributed by atoms with E-state index < -0.39 is 39.1 Å². The first-order chi connectivity index (χ1) is 6.86. The summed E-state index contributed by atoms with van der Waals surface area (Å²) < 4.78 is 48.7. The molecule has 0 radical (unpaired) electrons. The highest BCUT2D eigenvalue weighted by Crippen LogP contribution is 2.34. The largest absolute Gasteiger partial charge is 0.339 e. The number of rotatable bonds is 3. The van der Waals surface area contributed by atoms with E-state index in [0.29, 0.717) is 0 Å². The van der Waals surface area contributed by atoms with Crippen LogP contribution in [0.4, 0.5) is 17.6 Å². The van der Waals surface area contributed by atoms with Crippen LogP contribution in [0.5, 0.6) is 0 Å². The predicted octanol–water partition coefficient (Wildman–Crippen LogP) is 2.45. The second-order valence-electron chi connectivity index (χ2n) is 2.31. The lowest BCUT2D eigenvalue weighted by molar-refractivity contribution is -0.555. The maximum absolute atomic E-state index is 12.2. The van der Waals surface area contributed by atoms with Gasteiger partial charge in [0.2, 0.25) is 0 Å². The van der Waals surface area contributed by atoms with Gasteiger partial charge in [-0.25, -0.2) is 17.6 Å². The summed E-state index contributed by atoms with van der Waals surface area (Å²) in [5, 5.41) is 10.4. The molecule has 15 heavy (non-hydrogen) atoms. The molecule has 0 amide bonds. The Hall–Kier alpha value is -1.38. The summed E-state index contributed by atoms with van der Waals surface area (Å²) in [5.41, 5.74) is -2.58. The zero-order valence-electron chi connectivity index (χ0n) is 6.70.